The van der Waals surface area contributed by atoms with Gasteiger partial charge in [0.25, 0.3) is 5.56 Å². The normalized spacial score (nSPS) is 16.2. The molecule has 0 atom stereocenters. The summed E-state index contributed by atoms with van der Waals surface area (Å²) in [4.78, 5) is 30.2. The van der Waals surface area contributed by atoms with Crippen molar-refractivity contribution < 1.29 is 13.2 Å². The number of hydrogen-bond donors (Lipinski definition) is 1. The number of halogens is 1. The van der Waals surface area contributed by atoms with Gasteiger partial charge in [0.2, 0.25) is 5.91 Å². The Morgan fingerprint density at radius 3 is 2.52 bits per heavy atom. The summed E-state index contributed by atoms with van der Waals surface area (Å²) in [5.41, 5.74) is 1.06. The number of unbranched alkanes of at least 4 members (excludes halogenated alkanes) is 2. The lowest BCUT2D eigenvalue weighted by molar-refractivity contribution is -0.122. The number of nitrogens with zero attached hydrogens (tertiary/aromatic N) is 2. The quantitative estimate of drug-likeness (QED) is 0.604. The van der Waals surface area contributed by atoms with Gasteiger partial charge in [0.1, 0.15) is 22.2 Å². The van der Waals surface area contributed by atoms with E-state index < -0.39 is 9.84 Å². The average Bonchev–Trinajstić information content (AvgIpc) is 2.72. The number of hydrogen-bond acceptors (Lipinski definition) is 5. The Labute approximate surface area is 187 Å². The van der Waals surface area contributed by atoms with Crippen LogP contribution < -0.4 is 10.9 Å². The molecule has 3 rings (SSSR count). The highest BCUT2D eigenvalue weighted by atomic mass is 35.5. The van der Waals surface area contributed by atoms with Crippen molar-refractivity contribution in [3.63, 3.8) is 0 Å². The first kappa shape index (κ1) is 23.5. The number of amides is 1. The van der Waals surface area contributed by atoms with E-state index in [2.05, 4.69) is 17.2 Å². The second-order valence-corrected chi connectivity index (χ2v) is 10.7. The average molecular weight is 466 g/mol. The SMILES string of the molecule is CCCCCc1nc(-c2ccc(Cl)cc2)cc(=O)n1CC(=O)NC1CCS(=O)(=O)CC1. The maximum Gasteiger partial charge on any atom is 0.254 e. The van der Waals surface area contributed by atoms with Crippen LogP contribution in [0, 0.1) is 0 Å². The summed E-state index contributed by atoms with van der Waals surface area (Å²) in [5, 5.41) is 3.48. The highest BCUT2D eigenvalue weighted by molar-refractivity contribution is 7.91. The van der Waals surface area contributed by atoms with Crippen molar-refractivity contribution in [2.24, 2.45) is 0 Å². The van der Waals surface area contributed by atoms with Gasteiger partial charge in [0, 0.05) is 29.1 Å². The van der Waals surface area contributed by atoms with Gasteiger partial charge in [-0.05, 0) is 31.4 Å². The van der Waals surface area contributed by atoms with Gasteiger partial charge in [-0.15, -0.1) is 0 Å². The van der Waals surface area contributed by atoms with Crippen molar-refractivity contribution in [2.45, 2.75) is 58.0 Å². The maximum atomic E-state index is 12.9. The van der Waals surface area contributed by atoms with Gasteiger partial charge in [0.05, 0.1) is 17.2 Å². The Kier molecular flexibility index (Phi) is 7.89. The number of benzene rings is 1. The minimum Gasteiger partial charge on any atom is -0.352 e. The third-order valence-electron chi connectivity index (χ3n) is 5.45. The summed E-state index contributed by atoms with van der Waals surface area (Å²) in [6.45, 7) is 1.97. The third kappa shape index (κ3) is 6.64. The van der Waals surface area contributed by atoms with E-state index in [1.807, 2.05) is 12.1 Å². The molecule has 1 N–H and O–H groups in total. The number of aryl methyl sites for hydroxylation is 1. The first-order valence-electron chi connectivity index (χ1n) is 10.6. The van der Waals surface area contributed by atoms with Crippen LogP contribution in [0.3, 0.4) is 0 Å². The second-order valence-electron chi connectivity index (χ2n) is 7.94. The lowest BCUT2D eigenvalue weighted by Crippen LogP contribution is -2.43. The molecule has 1 aliphatic rings. The zero-order valence-electron chi connectivity index (χ0n) is 17.6. The summed E-state index contributed by atoms with van der Waals surface area (Å²) < 4.78 is 24.6. The Bertz CT molecular complexity index is 1070. The van der Waals surface area contributed by atoms with E-state index in [0.29, 0.717) is 35.8 Å². The minimum atomic E-state index is -3.00. The van der Waals surface area contributed by atoms with Crippen LogP contribution in [0.1, 0.15) is 44.9 Å². The number of nitrogens with one attached hydrogen (secondary N) is 1. The Hall–Kier alpha value is -2.19. The van der Waals surface area contributed by atoms with E-state index in [0.717, 1.165) is 24.8 Å². The molecule has 2 heterocycles. The summed E-state index contributed by atoms with van der Waals surface area (Å²) in [6, 6.07) is 8.38. The molecule has 0 spiro atoms. The van der Waals surface area contributed by atoms with Crippen LogP contribution in [0.25, 0.3) is 11.3 Å². The molecule has 9 heteroatoms. The van der Waals surface area contributed by atoms with E-state index in [1.165, 1.54) is 10.6 Å². The second kappa shape index (κ2) is 10.4. The van der Waals surface area contributed by atoms with E-state index in [1.54, 1.807) is 12.1 Å². The Morgan fingerprint density at radius 1 is 1.19 bits per heavy atom. The topological polar surface area (TPSA) is 98.1 Å². The summed E-state index contributed by atoms with van der Waals surface area (Å²) in [5.74, 6) is 0.436. The predicted molar refractivity (Wildman–Crippen MR) is 122 cm³/mol. The molecule has 0 unspecified atom stereocenters. The molecule has 0 bridgehead atoms. The lowest BCUT2D eigenvalue weighted by Gasteiger charge is -2.23. The van der Waals surface area contributed by atoms with Crippen molar-refractivity contribution >= 4 is 27.3 Å². The zero-order chi connectivity index (χ0) is 22.4. The summed E-state index contributed by atoms with van der Waals surface area (Å²) >= 11 is 5.96. The van der Waals surface area contributed by atoms with Crippen molar-refractivity contribution in [1.29, 1.82) is 0 Å². The first-order valence-corrected chi connectivity index (χ1v) is 12.8. The number of carbonyl (C=O) groups excluding carboxylic acids is 1. The van der Waals surface area contributed by atoms with Crippen LogP contribution in [0.2, 0.25) is 5.02 Å². The fourth-order valence-electron chi connectivity index (χ4n) is 3.67. The van der Waals surface area contributed by atoms with Crippen LogP contribution in [0.15, 0.2) is 35.1 Å². The molecule has 31 heavy (non-hydrogen) atoms. The Balaban J connectivity index is 1.79. The molecule has 1 aromatic carbocycles. The molecule has 0 radical (unpaired) electrons. The van der Waals surface area contributed by atoms with Gasteiger partial charge >= 0.3 is 0 Å². The van der Waals surface area contributed by atoms with Crippen LogP contribution in [-0.2, 0) is 27.6 Å². The van der Waals surface area contributed by atoms with Crippen LogP contribution in [0.4, 0.5) is 0 Å². The van der Waals surface area contributed by atoms with Gasteiger partial charge in [-0.25, -0.2) is 13.4 Å². The van der Waals surface area contributed by atoms with E-state index in [4.69, 9.17) is 11.6 Å². The van der Waals surface area contributed by atoms with Crippen molar-refractivity contribution in [3.8, 4) is 11.3 Å². The highest BCUT2D eigenvalue weighted by Crippen LogP contribution is 2.19. The standard InChI is InChI=1S/C22H28ClN3O4S/c1-2-3-4-5-20-25-19(16-6-8-17(23)9-7-16)14-22(28)26(20)15-21(27)24-18-10-12-31(29,30)13-11-18/h6-9,14,18H,2-5,10-13,15H2,1H3,(H,24,27). The van der Waals surface area contributed by atoms with Crippen molar-refractivity contribution in [3.05, 3.63) is 51.5 Å². The number of aromatic nitrogens is 2. The van der Waals surface area contributed by atoms with Crippen molar-refractivity contribution in [2.75, 3.05) is 11.5 Å². The molecule has 1 fully saturated rings. The molecule has 1 saturated heterocycles. The maximum absolute atomic E-state index is 12.9. The monoisotopic (exact) mass is 465 g/mol. The number of carbonyl (C=O) groups is 1. The number of rotatable bonds is 8. The molecule has 0 aliphatic carbocycles. The fourth-order valence-corrected chi connectivity index (χ4v) is 5.28. The van der Waals surface area contributed by atoms with E-state index in [-0.39, 0.29) is 35.6 Å². The Morgan fingerprint density at radius 2 is 1.87 bits per heavy atom. The fraction of sp³-hybridized carbons (Fsp3) is 0.500. The van der Waals surface area contributed by atoms with Gasteiger partial charge in [-0.3, -0.25) is 14.2 Å². The predicted octanol–water partition coefficient (Wildman–Crippen LogP) is 2.99. The molecule has 7 nitrogen and oxygen atoms in total. The smallest absolute Gasteiger partial charge is 0.254 e. The third-order valence-corrected chi connectivity index (χ3v) is 7.42. The molecule has 1 amide bonds. The zero-order valence-corrected chi connectivity index (χ0v) is 19.2. The van der Waals surface area contributed by atoms with E-state index in [9.17, 15) is 18.0 Å². The van der Waals surface area contributed by atoms with Crippen LogP contribution in [-0.4, -0.2) is 41.4 Å². The largest absolute Gasteiger partial charge is 0.352 e. The molecular weight excluding hydrogens is 438 g/mol. The minimum absolute atomic E-state index is 0.0809. The van der Waals surface area contributed by atoms with Gasteiger partial charge in [-0.1, -0.05) is 43.5 Å². The molecule has 0 saturated carbocycles. The van der Waals surface area contributed by atoms with Gasteiger partial charge < -0.3 is 5.32 Å². The van der Waals surface area contributed by atoms with Crippen LogP contribution >= 0.6 is 11.6 Å². The molecule has 1 aromatic heterocycles. The van der Waals surface area contributed by atoms with E-state index >= 15 is 0 Å². The number of sulfone groups is 1. The van der Waals surface area contributed by atoms with Crippen LogP contribution in [0.5, 0.6) is 0 Å². The van der Waals surface area contributed by atoms with Crippen molar-refractivity contribution in [1.82, 2.24) is 14.9 Å². The first-order chi connectivity index (χ1) is 14.8. The van der Waals surface area contributed by atoms with Gasteiger partial charge in [-0.2, -0.15) is 0 Å². The molecular formula is C22H28ClN3O4S. The summed E-state index contributed by atoms with van der Waals surface area (Å²) in [6.07, 6.45) is 4.31. The molecule has 2 aromatic rings. The molecule has 1 aliphatic heterocycles. The lowest BCUT2D eigenvalue weighted by atomic mass is 10.1. The van der Waals surface area contributed by atoms with Gasteiger partial charge in [0.15, 0.2) is 0 Å². The molecule has 168 valence electrons. The summed E-state index contributed by atoms with van der Waals surface area (Å²) in [7, 11) is -3.00. The highest BCUT2D eigenvalue weighted by Gasteiger charge is 2.25.